The van der Waals surface area contributed by atoms with Crippen molar-refractivity contribution < 1.29 is 14.3 Å². The van der Waals surface area contributed by atoms with Gasteiger partial charge < -0.3 is 4.74 Å². The second-order valence-electron chi connectivity index (χ2n) is 10.1. The third-order valence-electron chi connectivity index (χ3n) is 8.71. The van der Waals surface area contributed by atoms with Crippen LogP contribution in [-0.4, -0.2) is 17.9 Å². The van der Waals surface area contributed by atoms with Crippen molar-refractivity contribution in [3.05, 3.63) is 22.8 Å². The molecule has 2 fully saturated rings. The van der Waals surface area contributed by atoms with Gasteiger partial charge in [0.1, 0.15) is 6.10 Å². The van der Waals surface area contributed by atoms with Crippen LogP contribution >= 0.6 is 0 Å². The summed E-state index contributed by atoms with van der Waals surface area (Å²) in [5.74, 6) is 2.10. The molecule has 0 bridgehead atoms. The van der Waals surface area contributed by atoms with Gasteiger partial charge in [-0.05, 0) is 86.5 Å². The molecule has 0 unspecified atom stereocenters. The monoisotopic (exact) mass is 370 g/mol. The van der Waals surface area contributed by atoms with Crippen LogP contribution in [0.1, 0.15) is 79.6 Å². The number of hydrogen-bond acceptors (Lipinski definition) is 3. The highest BCUT2D eigenvalue weighted by atomic mass is 16.5. The molecule has 2 saturated carbocycles. The summed E-state index contributed by atoms with van der Waals surface area (Å²) in [6.07, 6.45) is 9.91. The number of rotatable bonds is 2. The van der Waals surface area contributed by atoms with Gasteiger partial charge in [-0.15, -0.1) is 0 Å². The van der Waals surface area contributed by atoms with Gasteiger partial charge >= 0.3 is 5.97 Å². The highest BCUT2D eigenvalue weighted by molar-refractivity contribution is 5.95. The van der Waals surface area contributed by atoms with Gasteiger partial charge in [0, 0.05) is 13.3 Å². The van der Waals surface area contributed by atoms with E-state index in [1.165, 1.54) is 18.9 Å². The molecule has 6 atom stereocenters. The fourth-order valence-electron chi connectivity index (χ4n) is 7.53. The van der Waals surface area contributed by atoms with Crippen molar-refractivity contribution in [3.8, 4) is 0 Å². The molecular weight excluding hydrogens is 336 g/mol. The van der Waals surface area contributed by atoms with E-state index in [0.29, 0.717) is 17.8 Å². The summed E-state index contributed by atoms with van der Waals surface area (Å²) in [4.78, 5) is 23.7. The van der Waals surface area contributed by atoms with Gasteiger partial charge in [-0.25, -0.2) is 0 Å². The number of ketones is 1. The van der Waals surface area contributed by atoms with Crippen molar-refractivity contribution in [2.24, 2.45) is 28.6 Å². The van der Waals surface area contributed by atoms with Crippen LogP contribution < -0.4 is 0 Å². The number of carbonyl (C=O) groups excluding carboxylic acids is 2. The first kappa shape index (κ1) is 19.0. The van der Waals surface area contributed by atoms with Crippen LogP contribution in [0.5, 0.6) is 0 Å². The van der Waals surface area contributed by atoms with E-state index in [1.807, 2.05) is 0 Å². The molecule has 0 heterocycles. The number of fused-ring (bicyclic) bond motifs is 5. The lowest BCUT2D eigenvalue weighted by atomic mass is 9.46. The third kappa shape index (κ3) is 2.76. The molecular formula is C24H34O3. The van der Waals surface area contributed by atoms with Crippen molar-refractivity contribution in [3.63, 3.8) is 0 Å². The minimum absolute atomic E-state index is 0.0587. The average molecular weight is 371 g/mol. The number of allylic oxidation sites excluding steroid dienone is 3. The molecule has 4 rings (SSSR count). The van der Waals surface area contributed by atoms with Gasteiger partial charge in [-0.2, -0.15) is 0 Å². The van der Waals surface area contributed by atoms with Crippen LogP contribution in [0.3, 0.4) is 0 Å². The fraction of sp³-hybridized carbons (Fsp3) is 0.750. The molecule has 4 aliphatic carbocycles. The van der Waals surface area contributed by atoms with E-state index in [-0.39, 0.29) is 28.7 Å². The maximum Gasteiger partial charge on any atom is 0.302 e. The summed E-state index contributed by atoms with van der Waals surface area (Å²) >= 11 is 0. The number of carbonyl (C=O) groups is 2. The maximum atomic E-state index is 12.2. The predicted molar refractivity (Wildman–Crippen MR) is 106 cm³/mol. The molecule has 0 aliphatic heterocycles. The minimum Gasteiger partial charge on any atom is -0.462 e. The highest BCUT2D eigenvalue weighted by Crippen LogP contribution is 2.66. The number of Topliss-reactive ketones (excluding diaryl/α,β-unsaturated/α-hetero) is 1. The fourth-order valence-corrected chi connectivity index (χ4v) is 7.53. The standard InChI is InChI=1S/C24H34O3/c1-14-12-18-20-7-6-19(15(2)25)23(20,4)11-9-21(18)24(5)10-8-17(13-22(14)24)27-16(3)26/h6,17-18,20-21H,7-13H2,1-5H3/t17-,18-,20-,21-,23-,24-/m1/s1. The molecule has 0 aromatic rings. The Balaban J connectivity index is 1.64. The van der Waals surface area contributed by atoms with Crippen molar-refractivity contribution in [2.45, 2.75) is 85.7 Å². The Hall–Kier alpha value is -1.38. The van der Waals surface area contributed by atoms with E-state index in [1.54, 1.807) is 12.5 Å². The second-order valence-corrected chi connectivity index (χ2v) is 10.1. The summed E-state index contributed by atoms with van der Waals surface area (Å²) < 4.78 is 5.58. The van der Waals surface area contributed by atoms with E-state index >= 15 is 0 Å². The predicted octanol–water partition coefficient (Wildman–Crippen LogP) is 5.40. The topological polar surface area (TPSA) is 43.4 Å². The van der Waals surface area contributed by atoms with E-state index in [2.05, 4.69) is 26.8 Å². The number of ether oxygens (including phenoxy) is 1. The molecule has 0 aromatic carbocycles. The quantitative estimate of drug-likeness (QED) is 0.483. The zero-order valence-corrected chi connectivity index (χ0v) is 17.6. The van der Waals surface area contributed by atoms with Crippen LogP contribution in [-0.2, 0) is 14.3 Å². The van der Waals surface area contributed by atoms with Crippen LogP contribution in [0, 0.1) is 28.6 Å². The molecule has 0 aromatic heterocycles. The highest BCUT2D eigenvalue weighted by Gasteiger charge is 2.58. The molecule has 0 amide bonds. The normalized spacial score (nSPS) is 43.4. The number of esters is 1. The average Bonchev–Trinajstić information content (AvgIpc) is 2.93. The summed E-state index contributed by atoms with van der Waals surface area (Å²) in [6.45, 7) is 10.4. The Labute approximate surface area is 163 Å². The molecule has 3 nitrogen and oxygen atoms in total. The van der Waals surface area contributed by atoms with Crippen LogP contribution in [0.25, 0.3) is 0 Å². The molecule has 148 valence electrons. The van der Waals surface area contributed by atoms with Crippen molar-refractivity contribution in [1.29, 1.82) is 0 Å². The summed E-state index contributed by atoms with van der Waals surface area (Å²) in [5.41, 5.74) is 4.51. The molecule has 0 N–H and O–H groups in total. The first-order chi connectivity index (χ1) is 12.7. The van der Waals surface area contributed by atoms with E-state index < -0.39 is 0 Å². The van der Waals surface area contributed by atoms with E-state index in [0.717, 1.165) is 44.1 Å². The lowest BCUT2D eigenvalue weighted by Crippen LogP contribution is -2.51. The smallest absolute Gasteiger partial charge is 0.302 e. The van der Waals surface area contributed by atoms with Gasteiger partial charge in [0.2, 0.25) is 0 Å². The van der Waals surface area contributed by atoms with Gasteiger partial charge in [-0.3, -0.25) is 9.59 Å². The first-order valence-electron chi connectivity index (χ1n) is 10.7. The van der Waals surface area contributed by atoms with E-state index in [9.17, 15) is 9.59 Å². The Morgan fingerprint density at radius 3 is 2.41 bits per heavy atom. The largest absolute Gasteiger partial charge is 0.462 e. The van der Waals surface area contributed by atoms with Gasteiger partial charge in [0.25, 0.3) is 0 Å². The van der Waals surface area contributed by atoms with Crippen LogP contribution in [0.15, 0.2) is 22.8 Å². The Bertz CT molecular complexity index is 745. The van der Waals surface area contributed by atoms with Gasteiger partial charge in [-0.1, -0.05) is 31.1 Å². The molecule has 0 spiro atoms. The Kier molecular flexibility index (Phi) is 4.44. The van der Waals surface area contributed by atoms with Gasteiger partial charge in [0.15, 0.2) is 5.78 Å². The van der Waals surface area contributed by atoms with Gasteiger partial charge in [0.05, 0.1) is 0 Å². The van der Waals surface area contributed by atoms with Crippen LogP contribution in [0.4, 0.5) is 0 Å². The van der Waals surface area contributed by atoms with E-state index in [4.69, 9.17) is 4.74 Å². The number of hydrogen-bond donors (Lipinski definition) is 0. The first-order valence-corrected chi connectivity index (χ1v) is 10.7. The van der Waals surface area contributed by atoms with Crippen molar-refractivity contribution in [2.75, 3.05) is 0 Å². The minimum atomic E-state index is -0.155. The lowest BCUT2D eigenvalue weighted by Gasteiger charge is -2.58. The Morgan fingerprint density at radius 2 is 1.74 bits per heavy atom. The van der Waals surface area contributed by atoms with Crippen LogP contribution in [0.2, 0.25) is 0 Å². The lowest BCUT2D eigenvalue weighted by molar-refractivity contribution is -0.148. The third-order valence-corrected chi connectivity index (χ3v) is 8.71. The zero-order chi connectivity index (χ0) is 19.6. The summed E-state index contributed by atoms with van der Waals surface area (Å²) in [5, 5.41) is 0. The molecule has 27 heavy (non-hydrogen) atoms. The maximum absolute atomic E-state index is 12.2. The summed E-state index contributed by atoms with van der Waals surface area (Å²) in [7, 11) is 0. The van der Waals surface area contributed by atoms with Crippen molar-refractivity contribution in [1.82, 2.24) is 0 Å². The Morgan fingerprint density at radius 1 is 1.04 bits per heavy atom. The molecule has 0 saturated heterocycles. The second kappa shape index (κ2) is 6.32. The molecule has 4 aliphatic rings. The molecule has 0 radical (unpaired) electrons. The summed E-state index contributed by atoms with van der Waals surface area (Å²) in [6, 6.07) is 0. The van der Waals surface area contributed by atoms with Crippen molar-refractivity contribution >= 4 is 11.8 Å². The SMILES string of the molecule is CC(=O)O[C@@H]1CC[C@@]2(C)C(=C(C)C[C@H]3[C@H]2CC[C@]2(C)C(C(C)=O)=CC[C@H]32)C1. The zero-order valence-electron chi connectivity index (χ0n) is 17.6. The molecule has 3 heteroatoms.